The highest BCUT2D eigenvalue weighted by Gasteiger charge is 2.64. The normalized spacial score (nSPS) is 50.4. The Hall–Kier alpha value is -0.640. The Balaban J connectivity index is 1.63. The molecule has 4 rings (SSSR count). The topological polar surface area (TPSA) is 60.7 Å². The van der Waals surface area contributed by atoms with Gasteiger partial charge in [-0.1, -0.05) is 64.8 Å². The predicted octanol–water partition coefficient (Wildman–Crippen LogP) is 5.25. The van der Waals surface area contributed by atoms with Gasteiger partial charge in [-0.05, 0) is 73.5 Å². The van der Waals surface area contributed by atoms with Crippen LogP contribution < -0.4 is 0 Å². The van der Waals surface area contributed by atoms with E-state index in [-0.39, 0.29) is 10.8 Å². The molecule has 0 spiro atoms. The zero-order valence-corrected chi connectivity index (χ0v) is 19.8. The summed E-state index contributed by atoms with van der Waals surface area (Å²) in [6, 6.07) is 0. The van der Waals surface area contributed by atoms with E-state index in [2.05, 4.69) is 46.8 Å². The summed E-state index contributed by atoms with van der Waals surface area (Å²) in [6.45, 7) is 11.6. The minimum absolute atomic E-state index is 0.279. The van der Waals surface area contributed by atoms with Gasteiger partial charge in [-0.3, -0.25) is 0 Å². The lowest BCUT2D eigenvalue weighted by Crippen LogP contribution is -2.65. The predicted molar refractivity (Wildman–Crippen MR) is 122 cm³/mol. The summed E-state index contributed by atoms with van der Waals surface area (Å²) >= 11 is 0. The second-order valence-electron chi connectivity index (χ2n) is 11.8. The fraction of sp³-hybridized carbons (Fsp3) is 0.852. The van der Waals surface area contributed by atoms with Gasteiger partial charge < -0.3 is 15.3 Å². The number of hydrogen-bond acceptors (Lipinski definition) is 3. The molecule has 3 saturated carbocycles. The van der Waals surface area contributed by atoms with E-state index < -0.39 is 17.8 Å². The zero-order chi connectivity index (χ0) is 21.9. The van der Waals surface area contributed by atoms with Crippen molar-refractivity contribution in [1.29, 1.82) is 0 Å². The van der Waals surface area contributed by atoms with E-state index in [1.165, 1.54) is 31.3 Å². The molecule has 3 nitrogen and oxygen atoms in total. The Kier molecular flexibility index (Phi) is 5.82. The van der Waals surface area contributed by atoms with Crippen LogP contribution in [0.4, 0.5) is 0 Å². The molecule has 0 aliphatic heterocycles. The van der Waals surface area contributed by atoms with Gasteiger partial charge in [0.2, 0.25) is 0 Å². The van der Waals surface area contributed by atoms with Crippen LogP contribution in [0.5, 0.6) is 0 Å². The van der Waals surface area contributed by atoms with Crippen molar-refractivity contribution in [3.63, 3.8) is 0 Å². The number of hydrogen-bond donors (Lipinski definition) is 3. The van der Waals surface area contributed by atoms with Gasteiger partial charge in [0.15, 0.2) is 0 Å². The largest absolute Gasteiger partial charge is 0.393 e. The molecule has 4 aliphatic rings. The summed E-state index contributed by atoms with van der Waals surface area (Å²) in [7, 11) is 0. The molecule has 4 aliphatic carbocycles. The molecule has 0 heterocycles. The molecule has 0 aromatic heterocycles. The van der Waals surface area contributed by atoms with Gasteiger partial charge in [0.25, 0.3) is 0 Å². The summed E-state index contributed by atoms with van der Waals surface area (Å²) in [4.78, 5) is 0. The fourth-order valence-electron chi connectivity index (χ4n) is 8.09. The summed E-state index contributed by atoms with van der Waals surface area (Å²) in [5.41, 5.74) is 0.176. The maximum atomic E-state index is 11.6. The van der Waals surface area contributed by atoms with E-state index in [9.17, 15) is 15.3 Å². The van der Waals surface area contributed by atoms with E-state index in [1.54, 1.807) is 0 Å². The summed E-state index contributed by atoms with van der Waals surface area (Å²) < 4.78 is 0. The Morgan fingerprint density at radius 3 is 2.47 bits per heavy atom. The van der Waals surface area contributed by atoms with Crippen LogP contribution in [-0.4, -0.2) is 33.1 Å². The molecular weight excluding hydrogens is 372 g/mol. The SMILES string of the molecule is CCC(C)C=CC(C)C1CCC2C3=CC(O)C4(O)CC(O)CCC4(C)C3CCC21C. The Morgan fingerprint density at radius 2 is 1.77 bits per heavy atom. The molecule has 3 N–H and O–H groups in total. The number of aliphatic hydroxyl groups excluding tert-OH is 2. The van der Waals surface area contributed by atoms with Gasteiger partial charge in [0.1, 0.15) is 11.7 Å². The van der Waals surface area contributed by atoms with Gasteiger partial charge in [-0.25, -0.2) is 0 Å². The van der Waals surface area contributed by atoms with Gasteiger partial charge in [-0.2, -0.15) is 0 Å². The van der Waals surface area contributed by atoms with Crippen LogP contribution in [0.25, 0.3) is 0 Å². The Bertz CT molecular complexity index is 713. The Labute approximate surface area is 183 Å². The average Bonchev–Trinajstić information content (AvgIpc) is 3.06. The van der Waals surface area contributed by atoms with E-state index in [1.807, 2.05) is 6.08 Å². The van der Waals surface area contributed by atoms with Crippen LogP contribution >= 0.6 is 0 Å². The first kappa shape index (κ1) is 22.6. The van der Waals surface area contributed by atoms with Crippen molar-refractivity contribution in [3.05, 3.63) is 23.8 Å². The fourth-order valence-corrected chi connectivity index (χ4v) is 8.09. The van der Waals surface area contributed by atoms with Crippen molar-refractivity contribution in [1.82, 2.24) is 0 Å². The summed E-state index contributed by atoms with van der Waals surface area (Å²) in [5, 5.41) is 32.9. The van der Waals surface area contributed by atoms with E-state index >= 15 is 0 Å². The minimum atomic E-state index is -1.20. The highest BCUT2D eigenvalue weighted by molar-refractivity contribution is 5.33. The van der Waals surface area contributed by atoms with Crippen LogP contribution in [0.2, 0.25) is 0 Å². The van der Waals surface area contributed by atoms with Crippen LogP contribution in [0, 0.1) is 40.4 Å². The molecule has 0 bridgehead atoms. The highest BCUT2D eigenvalue weighted by atomic mass is 16.3. The number of fused-ring (bicyclic) bond motifs is 5. The third-order valence-corrected chi connectivity index (χ3v) is 10.3. The molecule has 0 radical (unpaired) electrons. The first-order valence-electron chi connectivity index (χ1n) is 12.5. The van der Waals surface area contributed by atoms with Crippen molar-refractivity contribution in [2.45, 2.75) is 104 Å². The minimum Gasteiger partial charge on any atom is -0.393 e. The lowest BCUT2D eigenvalue weighted by Gasteiger charge is -2.62. The summed E-state index contributed by atoms with van der Waals surface area (Å²) in [6.07, 6.45) is 13.3. The second kappa shape index (κ2) is 7.74. The van der Waals surface area contributed by atoms with Gasteiger partial charge in [-0.15, -0.1) is 0 Å². The molecule has 0 amide bonds. The standard InChI is InChI=1S/C27H44O3/c1-6-17(2)7-8-18(3)21-9-10-22-20-15-24(29)27(30)16-19(28)11-14-26(27,5)23(20)12-13-25(21,22)4/h7-8,15,17-19,21-24,28-30H,6,9-14,16H2,1-5H3. The highest BCUT2D eigenvalue weighted by Crippen LogP contribution is 2.67. The van der Waals surface area contributed by atoms with Crippen molar-refractivity contribution in [2.24, 2.45) is 40.4 Å². The zero-order valence-electron chi connectivity index (χ0n) is 19.8. The monoisotopic (exact) mass is 416 g/mol. The van der Waals surface area contributed by atoms with Gasteiger partial charge in [0.05, 0.1) is 6.10 Å². The average molecular weight is 417 g/mol. The first-order valence-corrected chi connectivity index (χ1v) is 12.5. The molecule has 170 valence electrons. The molecular formula is C27H44O3. The smallest absolute Gasteiger partial charge is 0.102 e. The molecule has 0 aromatic carbocycles. The molecule has 3 fully saturated rings. The van der Waals surface area contributed by atoms with E-state index in [4.69, 9.17) is 0 Å². The first-order chi connectivity index (χ1) is 14.1. The third-order valence-electron chi connectivity index (χ3n) is 10.3. The lowest BCUT2D eigenvalue weighted by atomic mass is 9.45. The van der Waals surface area contributed by atoms with E-state index in [0.717, 1.165) is 19.3 Å². The van der Waals surface area contributed by atoms with Gasteiger partial charge in [0, 0.05) is 11.8 Å². The summed E-state index contributed by atoms with van der Waals surface area (Å²) in [5.74, 6) is 2.76. The van der Waals surface area contributed by atoms with Crippen molar-refractivity contribution in [2.75, 3.05) is 0 Å². The number of aliphatic hydroxyl groups is 3. The maximum Gasteiger partial charge on any atom is 0.102 e. The third kappa shape index (κ3) is 3.18. The van der Waals surface area contributed by atoms with Crippen molar-refractivity contribution in [3.8, 4) is 0 Å². The molecule has 30 heavy (non-hydrogen) atoms. The van der Waals surface area contributed by atoms with Crippen LogP contribution in [0.15, 0.2) is 23.8 Å². The van der Waals surface area contributed by atoms with Crippen LogP contribution in [0.3, 0.4) is 0 Å². The van der Waals surface area contributed by atoms with Crippen molar-refractivity contribution >= 4 is 0 Å². The lowest BCUT2D eigenvalue weighted by molar-refractivity contribution is -0.210. The quantitative estimate of drug-likeness (QED) is 0.549. The number of rotatable bonds is 4. The maximum absolute atomic E-state index is 11.6. The molecule has 0 saturated heterocycles. The van der Waals surface area contributed by atoms with Crippen LogP contribution in [0.1, 0.15) is 86.0 Å². The van der Waals surface area contributed by atoms with Gasteiger partial charge >= 0.3 is 0 Å². The van der Waals surface area contributed by atoms with Crippen LogP contribution in [-0.2, 0) is 0 Å². The van der Waals surface area contributed by atoms with E-state index in [0.29, 0.717) is 36.0 Å². The second-order valence-corrected chi connectivity index (χ2v) is 11.8. The number of allylic oxidation sites excluding steroid dienone is 3. The Morgan fingerprint density at radius 1 is 1.03 bits per heavy atom. The van der Waals surface area contributed by atoms with Crippen molar-refractivity contribution < 1.29 is 15.3 Å². The molecule has 0 aromatic rings. The molecule has 10 atom stereocenters. The molecule has 10 unspecified atom stereocenters. The molecule has 3 heteroatoms.